The van der Waals surface area contributed by atoms with E-state index in [9.17, 15) is 29.1 Å². The molecule has 0 amide bonds. The highest BCUT2D eigenvalue weighted by atomic mass is 16.6. The van der Waals surface area contributed by atoms with E-state index < -0.39 is 82.3 Å². The zero-order chi connectivity index (χ0) is 30.9. The number of cyclic esters (lactones) is 2. The lowest BCUT2D eigenvalue weighted by Gasteiger charge is -2.65. The summed E-state index contributed by atoms with van der Waals surface area (Å²) >= 11 is 0. The molecule has 5 aliphatic rings. The van der Waals surface area contributed by atoms with Crippen molar-refractivity contribution in [2.45, 2.75) is 85.7 Å². The number of carbonyl (C=O) groups is 5. The van der Waals surface area contributed by atoms with Gasteiger partial charge in [-0.1, -0.05) is 45.4 Å². The average molecular weight is 585 g/mol. The molecule has 0 radical (unpaired) electrons. The second-order valence-electron chi connectivity index (χ2n) is 13.4. The molecule has 5 rings (SSSR count). The molecule has 10 nitrogen and oxygen atoms in total. The van der Waals surface area contributed by atoms with Gasteiger partial charge in [0.25, 0.3) is 0 Å². The number of rotatable bonds is 5. The molecule has 0 aromatic carbocycles. The van der Waals surface area contributed by atoms with Gasteiger partial charge >= 0.3 is 23.9 Å². The van der Waals surface area contributed by atoms with E-state index in [1.807, 2.05) is 33.8 Å². The molecule has 0 spiro atoms. The third-order valence-corrected chi connectivity index (χ3v) is 11.0. The highest BCUT2D eigenvalue weighted by Crippen LogP contribution is 2.68. The van der Waals surface area contributed by atoms with E-state index in [1.165, 1.54) is 13.2 Å². The van der Waals surface area contributed by atoms with Crippen LogP contribution in [0.5, 0.6) is 0 Å². The van der Waals surface area contributed by atoms with Crippen molar-refractivity contribution in [2.24, 2.45) is 39.9 Å². The summed E-state index contributed by atoms with van der Waals surface area (Å²) in [6.45, 7) is 11.1. The largest absolute Gasteiger partial charge is 0.469 e. The van der Waals surface area contributed by atoms with Crippen molar-refractivity contribution in [1.29, 1.82) is 0 Å². The molecule has 2 aliphatic heterocycles. The number of aliphatic hydroxyl groups is 1. The molecule has 2 heterocycles. The number of carbonyl (C=O) groups excluding carboxylic acids is 5. The molecule has 228 valence electrons. The first-order valence-corrected chi connectivity index (χ1v) is 14.6. The molecule has 0 aromatic heterocycles. The lowest BCUT2D eigenvalue weighted by Crippen LogP contribution is -2.68. The van der Waals surface area contributed by atoms with Crippen molar-refractivity contribution in [1.82, 2.24) is 0 Å². The van der Waals surface area contributed by atoms with Crippen molar-refractivity contribution < 1.29 is 48.0 Å². The number of ether oxygens (including phenoxy) is 4. The molecule has 2 bridgehead atoms. The summed E-state index contributed by atoms with van der Waals surface area (Å²) in [5.41, 5.74) is -1.21. The van der Waals surface area contributed by atoms with Gasteiger partial charge in [0.15, 0.2) is 0 Å². The first-order chi connectivity index (χ1) is 19.6. The lowest BCUT2D eigenvalue weighted by molar-refractivity contribution is -0.205. The van der Waals surface area contributed by atoms with Crippen molar-refractivity contribution >= 4 is 29.7 Å². The summed E-state index contributed by atoms with van der Waals surface area (Å²) in [5.74, 6) is -4.58. The van der Waals surface area contributed by atoms with Gasteiger partial charge in [-0.3, -0.25) is 14.4 Å². The molecule has 42 heavy (non-hydrogen) atoms. The van der Waals surface area contributed by atoms with Crippen LogP contribution in [0.25, 0.3) is 0 Å². The van der Waals surface area contributed by atoms with E-state index >= 15 is 0 Å². The zero-order valence-corrected chi connectivity index (χ0v) is 25.2. The van der Waals surface area contributed by atoms with Gasteiger partial charge in [-0.05, 0) is 50.5 Å². The van der Waals surface area contributed by atoms with E-state index in [-0.39, 0.29) is 24.2 Å². The molecular weight excluding hydrogens is 544 g/mol. The lowest BCUT2D eigenvalue weighted by atomic mass is 9.39. The number of allylic oxidation sites excluding steroid dienone is 2. The molecule has 0 aromatic rings. The van der Waals surface area contributed by atoms with Gasteiger partial charge in [0, 0.05) is 34.7 Å². The summed E-state index contributed by atoms with van der Waals surface area (Å²) < 4.78 is 21.9. The fourth-order valence-corrected chi connectivity index (χ4v) is 8.74. The fraction of sp³-hybridized carbons (Fsp3) is 0.656. The van der Waals surface area contributed by atoms with Gasteiger partial charge in [-0.25, -0.2) is 9.59 Å². The van der Waals surface area contributed by atoms with E-state index in [0.29, 0.717) is 18.4 Å². The SMILES string of the molecule is C/C=C(\C)C(=O)O[C@@H]1[C@H]2C=C3CC[C@@]4(C)[C@H](C5=C[C@H](O)OC5=O)OC(=O)C[C@H]4C3[C@](C)(C2=O)[C@H](CC(=O)OC)C1(C)C. The Morgan fingerprint density at radius 1 is 1.12 bits per heavy atom. The Hall–Kier alpha value is -3.27. The van der Waals surface area contributed by atoms with E-state index in [2.05, 4.69) is 0 Å². The Bertz CT molecular complexity index is 1340. The Balaban J connectivity index is 1.66. The highest BCUT2D eigenvalue weighted by Gasteiger charge is 2.70. The van der Waals surface area contributed by atoms with E-state index in [1.54, 1.807) is 19.9 Å². The first-order valence-electron chi connectivity index (χ1n) is 14.6. The summed E-state index contributed by atoms with van der Waals surface area (Å²) in [6, 6.07) is 0. The standard InChI is InChI=1S/C32H40O10/c1-8-15(2)28(37)42-26-17-11-16-9-10-31(5)19(13-23(35)40-27(31)18-12-22(34)41-29(18)38)24(16)32(6,25(17)36)20(30(26,3)4)14-21(33)39-7/h8,11-12,17,19-20,22,24,26-27,34H,9-10,13-14H2,1-7H3/b15-8+/t17-,19-,20+,22+,24?,26+,27-,31+,32+/m0/s1. The normalized spacial score (nSPS) is 40.5. The molecule has 10 heteroatoms. The van der Waals surface area contributed by atoms with Crippen LogP contribution in [0, 0.1) is 39.9 Å². The van der Waals surface area contributed by atoms with Crippen LogP contribution in [-0.4, -0.2) is 60.4 Å². The minimum Gasteiger partial charge on any atom is -0.469 e. The smallest absolute Gasteiger partial charge is 0.340 e. The Labute approximate surface area is 245 Å². The Morgan fingerprint density at radius 2 is 1.81 bits per heavy atom. The van der Waals surface area contributed by atoms with Gasteiger partial charge in [0.1, 0.15) is 18.0 Å². The maximum Gasteiger partial charge on any atom is 0.340 e. The number of hydrogen-bond donors (Lipinski definition) is 1. The number of hydrogen-bond acceptors (Lipinski definition) is 10. The maximum atomic E-state index is 14.6. The van der Waals surface area contributed by atoms with Gasteiger partial charge in [-0.2, -0.15) is 0 Å². The topological polar surface area (TPSA) is 142 Å². The monoisotopic (exact) mass is 584 g/mol. The van der Waals surface area contributed by atoms with Crippen LogP contribution >= 0.6 is 0 Å². The quantitative estimate of drug-likeness (QED) is 0.221. The number of Topliss-reactive ketones (excluding diaryl/α,β-unsaturated/α-hetero) is 1. The van der Waals surface area contributed by atoms with Crippen molar-refractivity contribution in [3.63, 3.8) is 0 Å². The second kappa shape index (κ2) is 10.2. The number of methoxy groups -OCH3 is 1. The van der Waals surface area contributed by atoms with Crippen LogP contribution in [0.2, 0.25) is 0 Å². The molecule has 1 saturated heterocycles. The van der Waals surface area contributed by atoms with Crippen LogP contribution in [0.4, 0.5) is 0 Å². The predicted octanol–water partition coefficient (Wildman–Crippen LogP) is 3.36. The second-order valence-corrected chi connectivity index (χ2v) is 13.4. The molecule has 1 N–H and O–H groups in total. The third kappa shape index (κ3) is 4.28. The van der Waals surface area contributed by atoms with Crippen LogP contribution in [0.3, 0.4) is 0 Å². The number of esters is 4. The first kappa shape index (κ1) is 30.2. The minimum atomic E-state index is -1.42. The maximum absolute atomic E-state index is 14.6. The van der Waals surface area contributed by atoms with Crippen LogP contribution < -0.4 is 0 Å². The minimum absolute atomic E-state index is 0.0255. The van der Waals surface area contributed by atoms with Crippen LogP contribution in [0.1, 0.15) is 67.2 Å². The van der Waals surface area contributed by atoms with Gasteiger partial charge < -0.3 is 24.1 Å². The molecule has 2 saturated carbocycles. The highest BCUT2D eigenvalue weighted by molar-refractivity contribution is 5.95. The van der Waals surface area contributed by atoms with E-state index in [4.69, 9.17) is 18.9 Å². The molecule has 9 atom stereocenters. The Morgan fingerprint density at radius 3 is 2.40 bits per heavy atom. The van der Waals surface area contributed by atoms with Gasteiger partial charge in [-0.15, -0.1) is 0 Å². The molecular formula is C32H40O10. The molecule has 3 aliphatic carbocycles. The number of aliphatic hydroxyl groups excluding tert-OH is 1. The summed E-state index contributed by atoms with van der Waals surface area (Å²) in [7, 11) is 1.30. The van der Waals surface area contributed by atoms with Crippen molar-refractivity contribution in [3.8, 4) is 0 Å². The van der Waals surface area contributed by atoms with Crippen LogP contribution in [0.15, 0.2) is 34.9 Å². The predicted molar refractivity (Wildman–Crippen MR) is 147 cm³/mol. The van der Waals surface area contributed by atoms with Gasteiger partial charge in [0.05, 0.1) is 18.6 Å². The van der Waals surface area contributed by atoms with Crippen molar-refractivity contribution in [3.05, 3.63) is 34.9 Å². The Kier molecular flexibility index (Phi) is 7.32. The summed E-state index contributed by atoms with van der Waals surface area (Å²) in [5, 5.41) is 9.97. The van der Waals surface area contributed by atoms with E-state index in [0.717, 1.165) is 5.57 Å². The third-order valence-electron chi connectivity index (χ3n) is 11.0. The molecule has 1 unspecified atom stereocenters. The number of ketones is 1. The summed E-state index contributed by atoms with van der Waals surface area (Å²) in [6.07, 6.45) is 2.70. The van der Waals surface area contributed by atoms with Gasteiger partial charge in [0.2, 0.25) is 6.29 Å². The van der Waals surface area contributed by atoms with Crippen LogP contribution in [-0.2, 0) is 42.9 Å². The fourth-order valence-electron chi connectivity index (χ4n) is 8.74. The summed E-state index contributed by atoms with van der Waals surface area (Å²) in [4.78, 5) is 66.3. The average Bonchev–Trinajstić information content (AvgIpc) is 3.27. The number of fused-ring (bicyclic) bond motifs is 6. The molecule has 3 fully saturated rings. The zero-order valence-electron chi connectivity index (χ0n) is 25.2. The van der Waals surface area contributed by atoms with Crippen molar-refractivity contribution in [2.75, 3.05) is 7.11 Å².